The van der Waals surface area contributed by atoms with Crippen LogP contribution in [-0.2, 0) is 4.79 Å². The summed E-state index contributed by atoms with van der Waals surface area (Å²) in [7, 11) is 1.65. The third-order valence-electron chi connectivity index (χ3n) is 4.86. The van der Waals surface area contributed by atoms with Gasteiger partial charge in [0.15, 0.2) is 0 Å². The molecular formula is C25H22N2O2. The highest BCUT2D eigenvalue weighted by atomic mass is 16.5. The van der Waals surface area contributed by atoms with Crippen molar-refractivity contribution in [2.45, 2.75) is 12.8 Å². The van der Waals surface area contributed by atoms with Gasteiger partial charge < -0.3 is 4.74 Å². The van der Waals surface area contributed by atoms with Gasteiger partial charge in [0.2, 0.25) is 5.91 Å². The predicted octanol–water partition coefficient (Wildman–Crippen LogP) is 5.22. The van der Waals surface area contributed by atoms with Gasteiger partial charge in [0.25, 0.3) is 0 Å². The first-order chi connectivity index (χ1) is 14.2. The summed E-state index contributed by atoms with van der Waals surface area (Å²) in [6, 6.07) is 27.7. The molecule has 0 N–H and O–H groups in total. The number of rotatable bonds is 5. The van der Waals surface area contributed by atoms with Crippen molar-refractivity contribution in [3.63, 3.8) is 0 Å². The van der Waals surface area contributed by atoms with Gasteiger partial charge in [-0.3, -0.25) is 4.79 Å². The van der Waals surface area contributed by atoms with Gasteiger partial charge in [-0.15, -0.1) is 0 Å². The van der Waals surface area contributed by atoms with Crippen LogP contribution in [0.4, 0.5) is 0 Å². The lowest BCUT2D eigenvalue weighted by molar-refractivity contribution is -0.128. The van der Waals surface area contributed by atoms with E-state index in [0.29, 0.717) is 12.8 Å². The van der Waals surface area contributed by atoms with E-state index >= 15 is 0 Å². The van der Waals surface area contributed by atoms with Crippen molar-refractivity contribution >= 4 is 23.4 Å². The summed E-state index contributed by atoms with van der Waals surface area (Å²) >= 11 is 0. The number of hydrazone groups is 1. The number of benzene rings is 3. The van der Waals surface area contributed by atoms with Gasteiger partial charge in [-0.1, -0.05) is 60.7 Å². The average Bonchev–Trinajstić information content (AvgIpc) is 2.79. The fraction of sp³-hybridized carbons (Fsp3) is 0.120. The minimum absolute atomic E-state index is 0.00621. The Hall–Kier alpha value is -3.66. The monoisotopic (exact) mass is 382 g/mol. The van der Waals surface area contributed by atoms with Crippen molar-refractivity contribution < 1.29 is 9.53 Å². The van der Waals surface area contributed by atoms with Crippen molar-refractivity contribution in [1.82, 2.24) is 5.01 Å². The second-order valence-electron chi connectivity index (χ2n) is 6.79. The predicted molar refractivity (Wildman–Crippen MR) is 116 cm³/mol. The number of ether oxygens (including phenoxy) is 1. The van der Waals surface area contributed by atoms with Crippen molar-refractivity contribution in [1.29, 1.82) is 0 Å². The Balaban J connectivity index is 1.77. The molecule has 4 rings (SSSR count). The fourth-order valence-corrected chi connectivity index (χ4v) is 3.31. The zero-order valence-electron chi connectivity index (χ0n) is 16.3. The lowest BCUT2D eigenvalue weighted by Gasteiger charge is -2.26. The molecule has 0 unspecified atom stereocenters. The van der Waals surface area contributed by atoms with Gasteiger partial charge in [-0.2, -0.15) is 10.1 Å². The number of nitrogens with zero attached hydrogens (tertiary/aromatic N) is 2. The Morgan fingerprint density at radius 2 is 1.55 bits per heavy atom. The molecule has 0 aliphatic carbocycles. The van der Waals surface area contributed by atoms with Crippen LogP contribution in [0, 0.1) is 0 Å². The molecule has 0 radical (unpaired) electrons. The molecule has 1 aliphatic heterocycles. The van der Waals surface area contributed by atoms with Crippen LogP contribution in [0.2, 0.25) is 0 Å². The van der Waals surface area contributed by atoms with E-state index in [-0.39, 0.29) is 5.91 Å². The Bertz CT molecular complexity index is 1040. The number of carbonyl (C=O) groups excluding carboxylic acids is 1. The summed E-state index contributed by atoms with van der Waals surface area (Å²) in [6.45, 7) is 0. The number of carbonyl (C=O) groups is 1. The van der Waals surface area contributed by atoms with Crippen molar-refractivity contribution in [2.24, 2.45) is 5.10 Å². The molecular weight excluding hydrogens is 360 g/mol. The Labute approximate surface area is 170 Å². The Morgan fingerprint density at radius 1 is 0.897 bits per heavy atom. The molecule has 0 fully saturated rings. The molecule has 0 atom stereocenters. The largest absolute Gasteiger partial charge is 0.497 e. The maximum atomic E-state index is 12.8. The van der Waals surface area contributed by atoms with E-state index in [1.165, 1.54) is 0 Å². The highest BCUT2D eigenvalue weighted by Gasteiger charge is 2.25. The van der Waals surface area contributed by atoms with Crippen LogP contribution < -0.4 is 4.74 Å². The molecule has 29 heavy (non-hydrogen) atoms. The second-order valence-corrected chi connectivity index (χ2v) is 6.79. The third kappa shape index (κ3) is 4.27. The molecule has 1 amide bonds. The van der Waals surface area contributed by atoms with E-state index in [4.69, 9.17) is 9.84 Å². The number of methoxy groups -OCH3 is 1. The molecule has 4 heteroatoms. The van der Waals surface area contributed by atoms with Gasteiger partial charge in [0.05, 0.1) is 18.5 Å². The van der Waals surface area contributed by atoms with Crippen LogP contribution in [0.3, 0.4) is 0 Å². The first-order valence-corrected chi connectivity index (χ1v) is 9.61. The number of hydrogen-bond donors (Lipinski definition) is 0. The molecule has 1 aliphatic rings. The van der Waals surface area contributed by atoms with E-state index in [1.54, 1.807) is 12.1 Å². The van der Waals surface area contributed by atoms with Crippen LogP contribution in [0.1, 0.15) is 29.5 Å². The maximum absolute atomic E-state index is 12.8. The third-order valence-corrected chi connectivity index (χ3v) is 4.86. The van der Waals surface area contributed by atoms with Crippen LogP contribution in [0.25, 0.3) is 11.8 Å². The lowest BCUT2D eigenvalue weighted by Crippen LogP contribution is -2.30. The molecule has 0 bridgehead atoms. The Kier molecular flexibility index (Phi) is 5.52. The minimum Gasteiger partial charge on any atom is -0.497 e. The van der Waals surface area contributed by atoms with Crippen molar-refractivity contribution in [3.05, 3.63) is 102 Å². The van der Waals surface area contributed by atoms with E-state index in [9.17, 15) is 4.79 Å². The molecule has 3 aromatic rings. The fourth-order valence-electron chi connectivity index (χ4n) is 3.31. The molecule has 0 aromatic heterocycles. The van der Waals surface area contributed by atoms with Gasteiger partial charge in [-0.05, 0) is 41.5 Å². The second kappa shape index (κ2) is 8.57. The van der Waals surface area contributed by atoms with Gasteiger partial charge in [-0.25, -0.2) is 0 Å². The van der Waals surface area contributed by atoms with Crippen LogP contribution >= 0.6 is 0 Å². The molecule has 1 heterocycles. The normalized spacial score (nSPS) is 14.5. The van der Waals surface area contributed by atoms with Crippen molar-refractivity contribution in [2.75, 3.05) is 7.11 Å². The first-order valence-electron chi connectivity index (χ1n) is 9.61. The number of amides is 1. The Morgan fingerprint density at radius 3 is 2.21 bits per heavy atom. The topological polar surface area (TPSA) is 41.9 Å². The van der Waals surface area contributed by atoms with Crippen LogP contribution in [-0.4, -0.2) is 23.7 Å². The molecule has 144 valence electrons. The zero-order chi connectivity index (χ0) is 20.1. The molecule has 0 saturated heterocycles. The summed E-state index contributed by atoms with van der Waals surface area (Å²) in [5, 5.41) is 6.30. The van der Waals surface area contributed by atoms with E-state index < -0.39 is 0 Å². The molecule has 0 spiro atoms. The molecule has 4 nitrogen and oxygen atoms in total. The van der Waals surface area contributed by atoms with Gasteiger partial charge in [0, 0.05) is 18.4 Å². The van der Waals surface area contributed by atoms with Gasteiger partial charge >= 0.3 is 0 Å². The highest BCUT2D eigenvalue weighted by molar-refractivity contribution is 6.06. The zero-order valence-corrected chi connectivity index (χ0v) is 16.3. The summed E-state index contributed by atoms with van der Waals surface area (Å²) in [6.07, 6.45) is 3.05. The van der Waals surface area contributed by atoms with E-state index in [0.717, 1.165) is 33.8 Å². The SMILES string of the molecule is COc1ccc(C2=NN(/C(=C/c3ccccc3)c3ccccc3)C(=O)CC2)cc1. The van der Waals surface area contributed by atoms with Crippen LogP contribution in [0.15, 0.2) is 90.0 Å². The smallest absolute Gasteiger partial charge is 0.247 e. The molecule has 3 aromatic carbocycles. The quantitative estimate of drug-likeness (QED) is 0.568. The summed E-state index contributed by atoms with van der Waals surface area (Å²) in [4.78, 5) is 12.8. The maximum Gasteiger partial charge on any atom is 0.247 e. The van der Waals surface area contributed by atoms with Crippen LogP contribution in [0.5, 0.6) is 5.75 Å². The number of hydrogen-bond acceptors (Lipinski definition) is 3. The van der Waals surface area contributed by atoms with Crippen molar-refractivity contribution in [3.8, 4) is 5.75 Å². The molecule has 0 saturated carbocycles. The average molecular weight is 382 g/mol. The van der Waals surface area contributed by atoms with E-state index in [2.05, 4.69) is 0 Å². The minimum atomic E-state index is -0.00621. The summed E-state index contributed by atoms with van der Waals surface area (Å²) < 4.78 is 5.24. The first kappa shape index (κ1) is 18.7. The lowest BCUT2D eigenvalue weighted by atomic mass is 10.0. The van der Waals surface area contributed by atoms with Gasteiger partial charge in [0.1, 0.15) is 5.75 Å². The summed E-state index contributed by atoms with van der Waals surface area (Å²) in [5.41, 5.74) is 4.63. The summed E-state index contributed by atoms with van der Waals surface area (Å²) in [5.74, 6) is 0.792. The van der Waals surface area contributed by atoms with E-state index in [1.807, 2.05) is 91.0 Å². The highest BCUT2D eigenvalue weighted by Crippen LogP contribution is 2.28. The standard InChI is InChI=1S/C25H22N2O2/c1-29-22-14-12-20(13-15-22)23-16-17-25(28)27(26-23)24(21-10-6-3-7-11-21)18-19-8-4-2-5-9-19/h2-15,18H,16-17H2,1H3/b24-18+.